The Hall–Kier alpha value is -5.55. The lowest BCUT2D eigenvalue weighted by Gasteiger charge is -2.40. The lowest BCUT2D eigenvalue weighted by atomic mass is 9.86. The Balaban J connectivity index is 1.29. The first kappa shape index (κ1) is 30.5. The first-order valence-electron chi connectivity index (χ1n) is 13.7. The molecule has 0 saturated carbocycles. The third-order valence-corrected chi connectivity index (χ3v) is 7.34. The molecule has 2 amide bonds. The predicted molar refractivity (Wildman–Crippen MR) is 154 cm³/mol. The second-order valence-electron chi connectivity index (χ2n) is 10.5. The van der Waals surface area contributed by atoms with Crippen molar-refractivity contribution in [1.29, 1.82) is 0 Å². The van der Waals surface area contributed by atoms with Crippen LogP contribution in [0.25, 0.3) is 16.8 Å². The van der Waals surface area contributed by atoms with Gasteiger partial charge in [0.25, 0.3) is 11.8 Å². The van der Waals surface area contributed by atoms with Crippen LogP contribution in [0.15, 0.2) is 71.5 Å². The Morgan fingerprint density at radius 3 is 2.72 bits per heavy atom. The van der Waals surface area contributed by atoms with Crippen molar-refractivity contribution in [2.24, 2.45) is 0 Å². The number of nitrogen functional groups attached to an aromatic ring is 1. The fourth-order valence-electron chi connectivity index (χ4n) is 5.10. The number of phenolic OH excluding ortho intramolecular Hbond substituents is 1. The van der Waals surface area contributed by atoms with Crippen LogP contribution in [0.3, 0.4) is 0 Å². The number of alkyl halides is 3. The number of aromatic hydroxyl groups is 1. The number of aliphatic hydroxyl groups is 1. The van der Waals surface area contributed by atoms with E-state index in [4.69, 9.17) is 15.0 Å². The van der Waals surface area contributed by atoms with E-state index in [-0.39, 0.29) is 48.3 Å². The molecule has 3 aromatic heterocycles. The minimum Gasteiger partial charge on any atom is -0.507 e. The summed E-state index contributed by atoms with van der Waals surface area (Å²) in [6.07, 6.45) is -4.26. The molecule has 0 bridgehead atoms. The Morgan fingerprint density at radius 1 is 1.13 bits per heavy atom. The van der Waals surface area contributed by atoms with Crippen molar-refractivity contribution in [3.63, 3.8) is 0 Å². The first-order chi connectivity index (χ1) is 21.9. The molecule has 4 heterocycles. The Morgan fingerprint density at radius 2 is 1.93 bits per heavy atom. The van der Waals surface area contributed by atoms with Crippen LogP contribution < -0.4 is 16.0 Å². The van der Waals surface area contributed by atoms with Crippen molar-refractivity contribution in [3.8, 4) is 11.6 Å². The van der Waals surface area contributed by atoms with E-state index in [0.717, 1.165) is 10.9 Å². The fraction of sp³-hybridized carbons (Fsp3) is 0.241. The molecule has 5 aromatic rings. The summed E-state index contributed by atoms with van der Waals surface area (Å²) in [5.74, 6) is -3.02. The van der Waals surface area contributed by atoms with E-state index in [1.807, 2.05) is 0 Å². The highest BCUT2D eigenvalue weighted by atomic mass is 19.4. The maximum absolute atomic E-state index is 13.9. The fourth-order valence-corrected chi connectivity index (χ4v) is 5.10. The van der Waals surface area contributed by atoms with Crippen molar-refractivity contribution in [3.05, 3.63) is 83.9 Å². The van der Waals surface area contributed by atoms with Crippen LogP contribution in [-0.4, -0.2) is 78.3 Å². The summed E-state index contributed by atoms with van der Waals surface area (Å²) < 4.78 is 51.5. The number of nitrogens with zero attached hydrogens (tertiary/aromatic N) is 6. The van der Waals surface area contributed by atoms with Gasteiger partial charge in [0, 0.05) is 30.9 Å². The molecule has 1 fully saturated rings. The monoisotopic (exact) mass is 638 g/mol. The minimum absolute atomic E-state index is 0.00749. The van der Waals surface area contributed by atoms with Crippen LogP contribution in [0.1, 0.15) is 21.7 Å². The highest BCUT2D eigenvalue weighted by Crippen LogP contribution is 2.30. The van der Waals surface area contributed by atoms with Crippen molar-refractivity contribution in [2.45, 2.75) is 24.3 Å². The number of morpholine rings is 1. The maximum Gasteiger partial charge on any atom is 0.451 e. The molecule has 0 aliphatic carbocycles. The van der Waals surface area contributed by atoms with E-state index in [1.54, 1.807) is 30.3 Å². The highest BCUT2D eigenvalue weighted by molar-refractivity contribution is 5.98. The van der Waals surface area contributed by atoms with E-state index < -0.39 is 42.1 Å². The van der Waals surface area contributed by atoms with Gasteiger partial charge in [0.2, 0.25) is 5.82 Å². The summed E-state index contributed by atoms with van der Waals surface area (Å²) >= 11 is 0. The van der Waals surface area contributed by atoms with Crippen LogP contribution in [0.2, 0.25) is 0 Å². The molecule has 2 aromatic carbocycles. The standard InChI is InChI=1S/C29H25F3N8O6/c30-29(31,32)27-34-9-7-21(36-27)40-10-8-22(37-40)39-11-12-45-23(26(39)43)28(44,15-35-25(42)17-3-1-2-4-19(17)41)14-16-5-6-18-20(13-16)46-38-24(18)33/h1-10,13,23,41,44H,11-12,14-15H2,(H2,33,38)(H,35,42)/t23-,28?/m0/s1. The molecule has 0 spiro atoms. The van der Waals surface area contributed by atoms with E-state index in [1.165, 1.54) is 35.4 Å². The minimum atomic E-state index is -4.77. The van der Waals surface area contributed by atoms with Crippen LogP contribution in [-0.2, 0) is 22.1 Å². The number of fused-ring (bicyclic) bond motifs is 1. The average molecular weight is 639 g/mol. The lowest BCUT2D eigenvalue weighted by molar-refractivity contribution is -0.157. The van der Waals surface area contributed by atoms with E-state index in [2.05, 4.69) is 25.5 Å². The zero-order valence-electron chi connectivity index (χ0n) is 23.7. The number of para-hydroxylation sites is 1. The van der Waals surface area contributed by atoms with Gasteiger partial charge in [-0.05, 0) is 29.8 Å². The number of rotatable bonds is 8. The number of amides is 2. The third-order valence-electron chi connectivity index (χ3n) is 7.34. The number of carbonyl (C=O) groups is 2. The summed E-state index contributed by atoms with van der Waals surface area (Å²) in [5, 5.41) is 33.3. The van der Waals surface area contributed by atoms with Gasteiger partial charge in [0.05, 0.1) is 30.6 Å². The van der Waals surface area contributed by atoms with Gasteiger partial charge in [-0.2, -0.15) is 13.2 Å². The van der Waals surface area contributed by atoms with E-state index in [9.17, 15) is 33.0 Å². The van der Waals surface area contributed by atoms with Gasteiger partial charge in [0.15, 0.2) is 29.1 Å². The number of anilines is 2. The van der Waals surface area contributed by atoms with Gasteiger partial charge >= 0.3 is 6.18 Å². The summed E-state index contributed by atoms with van der Waals surface area (Å²) in [6.45, 7) is -0.535. The molecule has 1 saturated heterocycles. The van der Waals surface area contributed by atoms with Crippen LogP contribution in [0.5, 0.6) is 5.75 Å². The lowest BCUT2D eigenvalue weighted by Crippen LogP contribution is -2.63. The summed E-state index contributed by atoms with van der Waals surface area (Å²) in [7, 11) is 0. The van der Waals surface area contributed by atoms with Crippen LogP contribution in [0.4, 0.5) is 24.8 Å². The number of halogens is 3. The van der Waals surface area contributed by atoms with Crippen molar-refractivity contribution in [1.82, 2.24) is 30.2 Å². The number of nitrogens with two attached hydrogens (primary N) is 1. The molecule has 6 rings (SSSR count). The van der Waals surface area contributed by atoms with Crippen molar-refractivity contribution in [2.75, 3.05) is 30.3 Å². The Labute approximate surface area is 257 Å². The second kappa shape index (κ2) is 11.8. The predicted octanol–water partition coefficient (Wildman–Crippen LogP) is 2.25. The zero-order chi connectivity index (χ0) is 32.6. The number of hydrogen-bond donors (Lipinski definition) is 4. The molecule has 1 aliphatic heterocycles. The number of nitrogens with one attached hydrogen (secondary N) is 1. The highest BCUT2D eigenvalue weighted by Gasteiger charge is 2.47. The van der Waals surface area contributed by atoms with E-state index >= 15 is 0 Å². The van der Waals surface area contributed by atoms with Gasteiger partial charge < -0.3 is 30.5 Å². The molecule has 238 valence electrons. The number of phenols is 1. The normalized spacial score (nSPS) is 16.8. The SMILES string of the molecule is Nc1noc2cc(CC(O)(CNC(=O)c3ccccc3O)[C@H]3OCCN(c4ccn(-c5ccnc(C(F)(F)F)n5)n4)C3=O)ccc12. The number of hydrogen-bond acceptors (Lipinski definition) is 11. The number of benzene rings is 2. The molecule has 5 N–H and O–H groups in total. The second-order valence-corrected chi connectivity index (χ2v) is 10.5. The number of carbonyl (C=O) groups excluding carboxylic acids is 2. The van der Waals surface area contributed by atoms with Crippen LogP contribution in [0, 0.1) is 0 Å². The first-order valence-corrected chi connectivity index (χ1v) is 13.7. The quantitative estimate of drug-likeness (QED) is 0.195. The number of ether oxygens (including phenoxy) is 1. The molecule has 0 radical (unpaired) electrons. The average Bonchev–Trinajstić information content (AvgIpc) is 3.67. The van der Waals surface area contributed by atoms with Gasteiger partial charge in [-0.3, -0.25) is 14.5 Å². The van der Waals surface area contributed by atoms with Crippen molar-refractivity contribution >= 4 is 34.4 Å². The van der Waals surface area contributed by atoms with Gasteiger partial charge in [-0.15, -0.1) is 5.10 Å². The molecule has 14 nitrogen and oxygen atoms in total. The molecule has 46 heavy (non-hydrogen) atoms. The molecular formula is C29H25F3N8O6. The topological polar surface area (TPSA) is 195 Å². The summed E-state index contributed by atoms with van der Waals surface area (Å²) in [4.78, 5) is 34.8. The zero-order valence-corrected chi connectivity index (χ0v) is 23.7. The van der Waals surface area contributed by atoms with Crippen molar-refractivity contribution < 1.29 is 42.2 Å². The van der Waals surface area contributed by atoms with E-state index in [0.29, 0.717) is 16.5 Å². The Bertz CT molecular complexity index is 1930. The molecule has 2 atom stereocenters. The third kappa shape index (κ3) is 5.92. The number of aromatic nitrogens is 5. The molecule has 1 aliphatic rings. The molecular weight excluding hydrogens is 613 g/mol. The Kier molecular flexibility index (Phi) is 7.79. The van der Waals surface area contributed by atoms with Gasteiger partial charge in [0.1, 0.15) is 11.4 Å². The largest absolute Gasteiger partial charge is 0.507 e. The smallest absolute Gasteiger partial charge is 0.451 e. The maximum atomic E-state index is 13.9. The molecule has 1 unspecified atom stereocenters. The summed E-state index contributed by atoms with van der Waals surface area (Å²) in [5.41, 5.74) is 4.52. The van der Waals surface area contributed by atoms with Gasteiger partial charge in [-0.1, -0.05) is 23.4 Å². The van der Waals surface area contributed by atoms with Crippen LogP contribution >= 0.6 is 0 Å². The summed E-state index contributed by atoms with van der Waals surface area (Å²) in [6, 6.07) is 13.3. The van der Waals surface area contributed by atoms with Gasteiger partial charge in [-0.25, -0.2) is 14.6 Å². The molecule has 17 heteroatoms.